The molecule has 10 heavy (non-hydrogen) atoms. The molecule has 0 aliphatic heterocycles. The standard InChI is InChI=1S/C6H3Cl2FS/c7-3-1-2-4(9)6(10)5(3)8/h1-2,10H. The lowest BCUT2D eigenvalue weighted by Gasteiger charge is -1.98. The summed E-state index contributed by atoms with van der Waals surface area (Å²) in [5, 5.41) is 0.470. The first kappa shape index (κ1) is 8.18. The van der Waals surface area contributed by atoms with E-state index in [1.807, 2.05) is 0 Å². The Hall–Kier alpha value is 0.0800. The molecule has 0 aromatic heterocycles. The molecule has 0 unspecified atom stereocenters. The van der Waals surface area contributed by atoms with Crippen LogP contribution in [-0.2, 0) is 0 Å². The highest BCUT2D eigenvalue weighted by Gasteiger charge is 2.05. The van der Waals surface area contributed by atoms with Crippen LogP contribution in [0, 0.1) is 5.82 Å². The zero-order chi connectivity index (χ0) is 7.72. The van der Waals surface area contributed by atoms with Gasteiger partial charge in [-0.15, -0.1) is 12.6 Å². The average molecular weight is 197 g/mol. The number of hydrogen-bond donors (Lipinski definition) is 1. The van der Waals surface area contributed by atoms with Crippen LogP contribution in [0.3, 0.4) is 0 Å². The Bertz CT molecular complexity index is 235. The molecule has 54 valence electrons. The number of thiol groups is 1. The molecule has 0 atom stereocenters. The summed E-state index contributed by atoms with van der Waals surface area (Å²) in [6.07, 6.45) is 0. The molecule has 0 saturated carbocycles. The van der Waals surface area contributed by atoms with Crippen LogP contribution < -0.4 is 0 Å². The van der Waals surface area contributed by atoms with Gasteiger partial charge >= 0.3 is 0 Å². The molecule has 1 rings (SSSR count). The molecule has 0 spiro atoms. The Morgan fingerprint density at radius 3 is 2.40 bits per heavy atom. The smallest absolute Gasteiger partial charge is 0.138 e. The van der Waals surface area contributed by atoms with Crippen LogP contribution in [0.15, 0.2) is 17.0 Å². The minimum absolute atomic E-state index is 0.0918. The SMILES string of the molecule is Fc1ccc(Cl)c(Cl)c1S. The zero-order valence-corrected chi connectivity index (χ0v) is 7.14. The van der Waals surface area contributed by atoms with Gasteiger partial charge in [-0.25, -0.2) is 4.39 Å². The lowest BCUT2D eigenvalue weighted by atomic mass is 10.3. The van der Waals surface area contributed by atoms with E-state index in [1.165, 1.54) is 12.1 Å². The Morgan fingerprint density at radius 1 is 1.30 bits per heavy atom. The average Bonchev–Trinajstić information content (AvgIpc) is 1.93. The second-order valence-corrected chi connectivity index (χ2v) is 2.92. The van der Waals surface area contributed by atoms with E-state index in [9.17, 15) is 4.39 Å². The largest absolute Gasteiger partial charge is 0.206 e. The van der Waals surface area contributed by atoms with Gasteiger partial charge in [-0.2, -0.15) is 0 Å². The molecule has 0 aliphatic rings. The highest BCUT2D eigenvalue weighted by molar-refractivity contribution is 7.80. The fourth-order valence-electron chi connectivity index (χ4n) is 0.516. The van der Waals surface area contributed by atoms with Crippen molar-refractivity contribution < 1.29 is 4.39 Å². The second kappa shape index (κ2) is 2.99. The van der Waals surface area contributed by atoms with Crippen molar-refractivity contribution in [3.63, 3.8) is 0 Å². The van der Waals surface area contributed by atoms with Gasteiger partial charge in [-0.3, -0.25) is 0 Å². The van der Waals surface area contributed by atoms with Crippen molar-refractivity contribution in [2.75, 3.05) is 0 Å². The van der Waals surface area contributed by atoms with Crippen molar-refractivity contribution >= 4 is 35.8 Å². The fraction of sp³-hybridized carbons (Fsp3) is 0. The predicted octanol–water partition coefficient (Wildman–Crippen LogP) is 3.42. The topological polar surface area (TPSA) is 0 Å². The fourth-order valence-corrected chi connectivity index (χ4v) is 1.09. The number of rotatable bonds is 0. The number of hydrogen-bond acceptors (Lipinski definition) is 1. The lowest BCUT2D eigenvalue weighted by Crippen LogP contribution is -1.78. The maximum atomic E-state index is 12.5. The van der Waals surface area contributed by atoms with E-state index in [1.54, 1.807) is 0 Å². The van der Waals surface area contributed by atoms with Crippen molar-refractivity contribution in [3.8, 4) is 0 Å². The first-order valence-corrected chi connectivity index (χ1v) is 3.65. The van der Waals surface area contributed by atoms with Crippen LogP contribution >= 0.6 is 35.8 Å². The van der Waals surface area contributed by atoms with Crippen LogP contribution in [0.4, 0.5) is 4.39 Å². The van der Waals surface area contributed by atoms with Crippen LogP contribution in [-0.4, -0.2) is 0 Å². The molecule has 1 aromatic carbocycles. The van der Waals surface area contributed by atoms with Crippen molar-refractivity contribution in [2.45, 2.75) is 4.90 Å². The van der Waals surface area contributed by atoms with E-state index < -0.39 is 5.82 Å². The molecule has 0 bridgehead atoms. The molecular formula is C6H3Cl2FS. The van der Waals surface area contributed by atoms with Gasteiger partial charge in [-0.05, 0) is 12.1 Å². The third-order valence-corrected chi connectivity index (χ3v) is 2.39. The monoisotopic (exact) mass is 196 g/mol. The van der Waals surface area contributed by atoms with Gasteiger partial charge in [-0.1, -0.05) is 23.2 Å². The molecule has 0 nitrogen and oxygen atoms in total. The Morgan fingerprint density at radius 2 is 1.90 bits per heavy atom. The van der Waals surface area contributed by atoms with Crippen LogP contribution in [0.1, 0.15) is 0 Å². The molecule has 0 amide bonds. The quantitative estimate of drug-likeness (QED) is 0.478. The molecule has 1 aromatic rings. The minimum atomic E-state index is -0.460. The predicted molar refractivity (Wildman–Crippen MR) is 43.7 cm³/mol. The molecular weight excluding hydrogens is 194 g/mol. The van der Waals surface area contributed by atoms with E-state index >= 15 is 0 Å². The Kier molecular flexibility index (Phi) is 2.45. The van der Waals surface area contributed by atoms with E-state index in [4.69, 9.17) is 23.2 Å². The first-order valence-electron chi connectivity index (χ1n) is 2.45. The maximum absolute atomic E-state index is 12.5. The Balaban J connectivity index is 3.34. The van der Waals surface area contributed by atoms with Crippen molar-refractivity contribution in [1.29, 1.82) is 0 Å². The number of benzene rings is 1. The lowest BCUT2D eigenvalue weighted by molar-refractivity contribution is 0.603. The summed E-state index contributed by atoms with van der Waals surface area (Å²) in [7, 11) is 0. The third-order valence-electron chi connectivity index (χ3n) is 1.02. The summed E-state index contributed by atoms with van der Waals surface area (Å²) in [6.45, 7) is 0. The van der Waals surface area contributed by atoms with E-state index in [0.29, 0.717) is 5.02 Å². The molecule has 0 saturated heterocycles. The molecule has 4 heteroatoms. The molecule has 0 radical (unpaired) electrons. The molecule has 0 heterocycles. The van der Waals surface area contributed by atoms with E-state index in [0.717, 1.165) is 0 Å². The number of halogens is 3. The van der Waals surface area contributed by atoms with Gasteiger partial charge in [0, 0.05) is 0 Å². The molecule has 0 N–H and O–H groups in total. The van der Waals surface area contributed by atoms with Gasteiger partial charge in [0.2, 0.25) is 0 Å². The van der Waals surface area contributed by atoms with Crippen molar-refractivity contribution in [1.82, 2.24) is 0 Å². The Labute approximate surface area is 73.4 Å². The summed E-state index contributed by atoms with van der Waals surface area (Å²) >= 11 is 14.9. The molecule has 0 fully saturated rings. The van der Waals surface area contributed by atoms with E-state index in [2.05, 4.69) is 12.6 Å². The van der Waals surface area contributed by atoms with E-state index in [-0.39, 0.29) is 9.92 Å². The van der Waals surface area contributed by atoms with Gasteiger partial charge in [0.1, 0.15) is 5.82 Å². The first-order chi connectivity index (χ1) is 4.63. The van der Waals surface area contributed by atoms with Gasteiger partial charge in [0.15, 0.2) is 0 Å². The highest BCUT2D eigenvalue weighted by atomic mass is 35.5. The van der Waals surface area contributed by atoms with Crippen LogP contribution in [0.2, 0.25) is 10.0 Å². The van der Waals surface area contributed by atoms with Crippen LogP contribution in [0.5, 0.6) is 0 Å². The van der Waals surface area contributed by atoms with Crippen molar-refractivity contribution in [2.24, 2.45) is 0 Å². The van der Waals surface area contributed by atoms with Crippen molar-refractivity contribution in [3.05, 3.63) is 28.0 Å². The van der Waals surface area contributed by atoms with Gasteiger partial charge < -0.3 is 0 Å². The maximum Gasteiger partial charge on any atom is 0.138 e. The summed E-state index contributed by atoms with van der Waals surface area (Å²) in [6, 6.07) is 2.61. The summed E-state index contributed by atoms with van der Waals surface area (Å²) in [5.41, 5.74) is 0. The van der Waals surface area contributed by atoms with Gasteiger partial charge in [0.05, 0.1) is 14.9 Å². The normalized spacial score (nSPS) is 10.0. The summed E-state index contributed by atoms with van der Waals surface area (Å²) < 4.78 is 12.5. The second-order valence-electron chi connectivity index (χ2n) is 1.69. The summed E-state index contributed by atoms with van der Waals surface area (Å²) in [5.74, 6) is -0.460. The van der Waals surface area contributed by atoms with Gasteiger partial charge in [0.25, 0.3) is 0 Å². The van der Waals surface area contributed by atoms with Crippen LogP contribution in [0.25, 0.3) is 0 Å². The summed E-state index contributed by atoms with van der Waals surface area (Å²) in [4.78, 5) is 0.0918. The highest BCUT2D eigenvalue weighted by Crippen LogP contribution is 2.29. The third kappa shape index (κ3) is 1.39. The zero-order valence-electron chi connectivity index (χ0n) is 4.74. The molecule has 0 aliphatic carbocycles. The minimum Gasteiger partial charge on any atom is -0.206 e.